The third-order valence-corrected chi connectivity index (χ3v) is 6.57. The Morgan fingerprint density at radius 2 is 1.88 bits per heavy atom. The molecule has 8 nitrogen and oxygen atoms in total. The van der Waals surface area contributed by atoms with Crippen LogP contribution in [0.5, 0.6) is 0 Å². The third kappa shape index (κ3) is 3.36. The smallest absolute Gasteiger partial charge is 0.262 e. The van der Waals surface area contributed by atoms with Crippen molar-refractivity contribution in [3.05, 3.63) is 64.2 Å². The molecular formula is C24H24N4O4. The number of carbonyl (C=O) groups excluding carboxylic acids is 4. The van der Waals surface area contributed by atoms with Crippen molar-refractivity contribution in [1.29, 1.82) is 0 Å². The van der Waals surface area contributed by atoms with Gasteiger partial charge in [0.25, 0.3) is 11.8 Å². The summed E-state index contributed by atoms with van der Waals surface area (Å²) < 4.78 is 0. The lowest BCUT2D eigenvalue weighted by Crippen LogP contribution is -2.54. The molecule has 2 aliphatic heterocycles. The van der Waals surface area contributed by atoms with Crippen molar-refractivity contribution in [3.8, 4) is 0 Å². The van der Waals surface area contributed by atoms with Gasteiger partial charge in [-0.25, -0.2) is 0 Å². The molecule has 0 saturated carbocycles. The zero-order valence-corrected chi connectivity index (χ0v) is 17.5. The number of carbonyl (C=O) groups is 4. The molecule has 2 heterocycles. The van der Waals surface area contributed by atoms with Crippen LogP contribution in [0.1, 0.15) is 69.1 Å². The summed E-state index contributed by atoms with van der Waals surface area (Å²) in [7, 11) is 0. The van der Waals surface area contributed by atoms with Crippen LogP contribution in [0.15, 0.2) is 36.4 Å². The standard InChI is InChI=1S/C24H24N4O4/c25-15-7-8-16-13(11-15)3-2-6-18(16)26-12-14-4-1-5-17-21(14)24(32)28(23(17)31)19-9-10-20(29)27-22(19)30/h1,4-5,7-8,11,18-19,26H,2-3,6,9-10,12,25H2,(H,27,29,30). The maximum absolute atomic E-state index is 13.2. The molecule has 4 N–H and O–H groups in total. The maximum Gasteiger partial charge on any atom is 0.262 e. The Bertz CT molecular complexity index is 1160. The molecule has 4 amide bonds. The lowest BCUT2D eigenvalue weighted by atomic mass is 9.87. The molecule has 32 heavy (non-hydrogen) atoms. The largest absolute Gasteiger partial charge is 0.399 e. The van der Waals surface area contributed by atoms with Gasteiger partial charge < -0.3 is 11.1 Å². The Kier molecular flexibility index (Phi) is 5.01. The summed E-state index contributed by atoms with van der Waals surface area (Å²) in [5, 5.41) is 5.77. The fraction of sp³-hybridized carbons (Fsp3) is 0.333. The molecule has 164 valence electrons. The van der Waals surface area contributed by atoms with Gasteiger partial charge in [-0.3, -0.25) is 29.4 Å². The number of nitrogens with zero attached hydrogens (tertiary/aromatic N) is 1. The highest BCUT2D eigenvalue weighted by Gasteiger charge is 2.45. The number of benzene rings is 2. The summed E-state index contributed by atoms with van der Waals surface area (Å²) >= 11 is 0. The van der Waals surface area contributed by atoms with Crippen LogP contribution >= 0.6 is 0 Å². The molecule has 2 aromatic carbocycles. The SMILES string of the molecule is Nc1ccc2c(c1)CCCC2NCc1cccc2c1C(=O)N(C1CCC(=O)NC1=O)C2=O. The number of aryl methyl sites for hydroxylation is 1. The summed E-state index contributed by atoms with van der Waals surface area (Å²) in [5.74, 6) is -1.95. The summed E-state index contributed by atoms with van der Waals surface area (Å²) in [6.45, 7) is 0.417. The van der Waals surface area contributed by atoms with Gasteiger partial charge in [0.2, 0.25) is 11.8 Å². The average Bonchev–Trinajstić information content (AvgIpc) is 3.03. The van der Waals surface area contributed by atoms with Crippen molar-refractivity contribution in [1.82, 2.24) is 15.5 Å². The summed E-state index contributed by atoms with van der Waals surface area (Å²) in [5.41, 5.74) is 10.5. The van der Waals surface area contributed by atoms with E-state index >= 15 is 0 Å². The van der Waals surface area contributed by atoms with E-state index in [0.29, 0.717) is 17.7 Å². The predicted octanol–water partition coefficient (Wildman–Crippen LogP) is 1.84. The molecule has 0 spiro atoms. The first-order valence-electron chi connectivity index (χ1n) is 10.9. The normalized spacial score (nSPS) is 22.6. The van der Waals surface area contributed by atoms with Crippen LogP contribution in [-0.2, 0) is 22.6 Å². The van der Waals surface area contributed by atoms with Crippen LogP contribution < -0.4 is 16.4 Å². The van der Waals surface area contributed by atoms with E-state index in [-0.39, 0.29) is 24.8 Å². The van der Waals surface area contributed by atoms with Gasteiger partial charge in [-0.1, -0.05) is 18.2 Å². The number of hydrogen-bond donors (Lipinski definition) is 3. The van der Waals surface area contributed by atoms with Crippen molar-refractivity contribution in [3.63, 3.8) is 0 Å². The molecule has 1 fully saturated rings. The Morgan fingerprint density at radius 3 is 2.69 bits per heavy atom. The second-order valence-corrected chi connectivity index (χ2v) is 8.57. The lowest BCUT2D eigenvalue weighted by molar-refractivity contribution is -0.136. The van der Waals surface area contributed by atoms with E-state index in [1.54, 1.807) is 12.1 Å². The number of hydrogen-bond acceptors (Lipinski definition) is 6. The molecule has 0 radical (unpaired) electrons. The second kappa shape index (κ2) is 7.87. The highest BCUT2D eigenvalue weighted by molar-refractivity contribution is 6.24. The molecule has 2 atom stereocenters. The quantitative estimate of drug-likeness (QED) is 0.501. The first kappa shape index (κ1) is 20.4. The summed E-state index contributed by atoms with van der Waals surface area (Å²) in [4.78, 5) is 51.0. The first-order valence-corrected chi connectivity index (χ1v) is 10.9. The van der Waals surface area contributed by atoms with E-state index in [1.807, 2.05) is 18.2 Å². The zero-order valence-electron chi connectivity index (χ0n) is 17.5. The topological polar surface area (TPSA) is 122 Å². The third-order valence-electron chi connectivity index (χ3n) is 6.57. The zero-order chi connectivity index (χ0) is 22.4. The highest BCUT2D eigenvalue weighted by Crippen LogP contribution is 2.33. The number of imide groups is 2. The van der Waals surface area contributed by atoms with Crippen LogP contribution in [0.4, 0.5) is 5.69 Å². The number of anilines is 1. The molecule has 0 bridgehead atoms. The molecule has 1 aliphatic carbocycles. The fourth-order valence-corrected chi connectivity index (χ4v) is 5.01. The minimum atomic E-state index is -0.961. The van der Waals surface area contributed by atoms with E-state index < -0.39 is 23.8 Å². The van der Waals surface area contributed by atoms with Crippen LogP contribution in [0, 0.1) is 0 Å². The monoisotopic (exact) mass is 432 g/mol. The average molecular weight is 432 g/mol. The van der Waals surface area contributed by atoms with Gasteiger partial charge in [0.1, 0.15) is 6.04 Å². The molecule has 0 aromatic heterocycles. The van der Waals surface area contributed by atoms with Gasteiger partial charge >= 0.3 is 0 Å². The fourth-order valence-electron chi connectivity index (χ4n) is 5.01. The number of piperidine rings is 1. The Morgan fingerprint density at radius 1 is 1.03 bits per heavy atom. The first-order chi connectivity index (χ1) is 15.4. The predicted molar refractivity (Wildman–Crippen MR) is 116 cm³/mol. The molecule has 2 unspecified atom stereocenters. The number of nitrogen functional groups attached to an aromatic ring is 1. The van der Waals surface area contributed by atoms with Gasteiger partial charge in [0.05, 0.1) is 11.1 Å². The van der Waals surface area contributed by atoms with Crippen molar-refractivity contribution in [2.24, 2.45) is 0 Å². The number of fused-ring (bicyclic) bond motifs is 2. The van der Waals surface area contributed by atoms with Gasteiger partial charge in [-0.15, -0.1) is 0 Å². The van der Waals surface area contributed by atoms with Crippen molar-refractivity contribution in [2.45, 2.75) is 50.7 Å². The van der Waals surface area contributed by atoms with Gasteiger partial charge in [-0.2, -0.15) is 0 Å². The summed E-state index contributed by atoms with van der Waals surface area (Å²) in [6.07, 6.45) is 3.26. The van der Waals surface area contributed by atoms with E-state index in [1.165, 1.54) is 11.1 Å². The number of nitrogens with one attached hydrogen (secondary N) is 2. The molecule has 8 heteroatoms. The van der Waals surface area contributed by atoms with Crippen LogP contribution in [0.25, 0.3) is 0 Å². The van der Waals surface area contributed by atoms with E-state index in [2.05, 4.69) is 16.7 Å². The number of nitrogens with two attached hydrogens (primary N) is 1. The number of rotatable bonds is 4. The number of amides is 4. The van der Waals surface area contributed by atoms with Crippen molar-refractivity contribution >= 4 is 29.3 Å². The Labute approximate surface area is 185 Å². The molecule has 2 aromatic rings. The second-order valence-electron chi connectivity index (χ2n) is 8.57. The van der Waals surface area contributed by atoms with E-state index in [0.717, 1.165) is 35.4 Å². The van der Waals surface area contributed by atoms with E-state index in [9.17, 15) is 19.2 Å². The molecule has 3 aliphatic rings. The Balaban J connectivity index is 1.39. The van der Waals surface area contributed by atoms with Crippen LogP contribution in [-0.4, -0.2) is 34.6 Å². The Hall–Kier alpha value is -3.52. The van der Waals surface area contributed by atoms with Crippen LogP contribution in [0.3, 0.4) is 0 Å². The maximum atomic E-state index is 13.2. The van der Waals surface area contributed by atoms with Gasteiger partial charge in [0, 0.05) is 24.7 Å². The minimum Gasteiger partial charge on any atom is -0.399 e. The minimum absolute atomic E-state index is 0.101. The molecule has 1 saturated heterocycles. The van der Waals surface area contributed by atoms with E-state index in [4.69, 9.17) is 5.73 Å². The molecular weight excluding hydrogens is 408 g/mol. The van der Waals surface area contributed by atoms with Crippen molar-refractivity contribution in [2.75, 3.05) is 5.73 Å². The van der Waals surface area contributed by atoms with Crippen molar-refractivity contribution < 1.29 is 19.2 Å². The molecule has 5 rings (SSSR count). The van der Waals surface area contributed by atoms with Gasteiger partial charge in [0.15, 0.2) is 0 Å². The van der Waals surface area contributed by atoms with Crippen LogP contribution in [0.2, 0.25) is 0 Å². The summed E-state index contributed by atoms with van der Waals surface area (Å²) in [6, 6.07) is 10.3. The van der Waals surface area contributed by atoms with Gasteiger partial charge in [-0.05, 0) is 60.6 Å². The highest BCUT2D eigenvalue weighted by atomic mass is 16.2. The lowest BCUT2D eigenvalue weighted by Gasteiger charge is -2.28.